The number of aromatic nitrogens is 1. The Kier molecular flexibility index (Phi) is 4.69. The maximum absolute atomic E-state index is 12.4. The number of rotatable bonds is 3. The predicted octanol–water partition coefficient (Wildman–Crippen LogP) is 4.33. The van der Waals surface area contributed by atoms with Gasteiger partial charge in [0.15, 0.2) is 4.80 Å². The van der Waals surface area contributed by atoms with Crippen LogP contribution in [0.5, 0.6) is 0 Å². The van der Waals surface area contributed by atoms with Crippen molar-refractivity contribution in [3.05, 3.63) is 67.5 Å². The molecule has 6 nitrogen and oxygen atoms in total. The van der Waals surface area contributed by atoms with Crippen molar-refractivity contribution < 1.29 is 9.72 Å². The van der Waals surface area contributed by atoms with E-state index in [1.807, 2.05) is 30.5 Å². The number of carbonyl (C=O) groups excluding carboxylic acids is 1. The van der Waals surface area contributed by atoms with Gasteiger partial charge in [-0.1, -0.05) is 22.9 Å². The van der Waals surface area contributed by atoms with Gasteiger partial charge >= 0.3 is 0 Å². The molecule has 0 saturated heterocycles. The zero-order chi connectivity index (χ0) is 18.1. The van der Waals surface area contributed by atoms with Crippen molar-refractivity contribution in [2.45, 2.75) is 20.4 Å². The molecule has 25 heavy (non-hydrogen) atoms. The van der Waals surface area contributed by atoms with E-state index in [2.05, 4.69) is 4.99 Å². The zero-order valence-corrected chi connectivity index (χ0v) is 15.1. The topological polar surface area (TPSA) is 77.5 Å². The average molecular weight is 376 g/mol. The third-order valence-corrected chi connectivity index (χ3v) is 5.01. The minimum Gasteiger partial charge on any atom is -0.316 e. The summed E-state index contributed by atoms with van der Waals surface area (Å²) in [5.74, 6) is -0.438. The Morgan fingerprint density at radius 1 is 1.32 bits per heavy atom. The van der Waals surface area contributed by atoms with Gasteiger partial charge in [-0.3, -0.25) is 14.9 Å². The lowest BCUT2D eigenvalue weighted by atomic mass is 10.2. The number of nitro groups is 1. The van der Waals surface area contributed by atoms with Crippen LogP contribution in [0.15, 0.2) is 41.4 Å². The Morgan fingerprint density at radius 3 is 2.60 bits per heavy atom. The maximum atomic E-state index is 12.4. The van der Waals surface area contributed by atoms with Gasteiger partial charge in [-0.05, 0) is 43.7 Å². The number of nitro benzene ring substituents is 1. The number of halogens is 1. The highest BCUT2D eigenvalue weighted by molar-refractivity contribution is 7.16. The van der Waals surface area contributed by atoms with Gasteiger partial charge in [0, 0.05) is 29.3 Å². The molecule has 128 valence electrons. The minimum absolute atomic E-state index is 0.0627. The Bertz CT molecular complexity index is 1050. The molecule has 0 bridgehead atoms. The lowest BCUT2D eigenvalue weighted by Crippen LogP contribution is -2.16. The van der Waals surface area contributed by atoms with E-state index in [1.165, 1.54) is 35.6 Å². The van der Waals surface area contributed by atoms with Gasteiger partial charge in [0.25, 0.3) is 11.6 Å². The standard InChI is InChI=1S/C17H14ClN3O3S/c1-3-20-15-10(2)8-12(18)9-14(15)25-17(20)19-16(22)11-4-6-13(7-5-11)21(23)24/h4-9H,3H2,1-2H3. The Hall–Kier alpha value is -2.51. The first-order valence-electron chi connectivity index (χ1n) is 7.53. The quantitative estimate of drug-likeness (QED) is 0.504. The van der Waals surface area contributed by atoms with E-state index in [-0.39, 0.29) is 5.69 Å². The summed E-state index contributed by atoms with van der Waals surface area (Å²) in [5, 5.41) is 11.3. The molecule has 0 atom stereocenters. The van der Waals surface area contributed by atoms with Crippen LogP contribution >= 0.6 is 22.9 Å². The Labute approximate surface area is 152 Å². The van der Waals surface area contributed by atoms with Crippen LogP contribution in [0.3, 0.4) is 0 Å². The number of fused-ring (bicyclic) bond motifs is 1. The molecule has 0 fully saturated rings. The van der Waals surface area contributed by atoms with Crippen molar-refractivity contribution in [2.75, 3.05) is 0 Å². The van der Waals surface area contributed by atoms with Crippen LogP contribution in [0.2, 0.25) is 5.02 Å². The van der Waals surface area contributed by atoms with Gasteiger partial charge in [-0.15, -0.1) is 0 Å². The maximum Gasteiger partial charge on any atom is 0.279 e. The second-order valence-corrected chi connectivity index (χ2v) is 6.86. The summed E-state index contributed by atoms with van der Waals surface area (Å²) in [6.07, 6.45) is 0. The van der Waals surface area contributed by atoms with Crippen molar-refractivity contribution in [1.82, 2.24) is 4.57 Å². The van der Waals surface area contributed by atoms with E-state index in [4.69, 9.17) is 11.6 Å². The smallest absolute Gasteiger partial charge is 0.279 e. The Balaban J connectivity index is 2.10. The van der Waals surface area contributed by atoms with Crippen LogP contribution in [0.4, 0.5) is 5.69 Å². The molecule has 3 rings (SSSR count). The number of benzene rings is 2. The molecule has 8 heteroatoms. The van der Waals surface area contributed by atoms with E-state index in [0.29, 0.717) is 21.9 Å². The van der Waals surface area contributed by atoms with E-state index < -0.39 is 10.8 Å². The number of carbonyl (C=O) groups is 1. The van der Waals surface area contributed by atoms with Crippen LogP contribution in [-0.4, -0.2) is 15.4 Å². The summed E-state index contributed by atoms with van der Waals surface area (Å²) >= 11 is 7.51. The monoisotopic (exact) mass is 375 g/mol. The molecule has 1 heterocycles. The molecule has 0 saturated carbocycles. The van der Waals surface area contributed by atoms with Crippen LogP contribution in [0.25, 0.3) is 10.2 Å². The second kappa shape index (κ2) is 6.78. The molecule has 0 aliphatic heterocycles. The average Bonchev–Trinajstić information content (AvgIpc) is 2.91. The molecule has 0 aliphatic carbocycles. The van der Waals surface area contributed by atoms with Gasteiger partial charge in [-0.2, -0.15) is 4.99 Å². The molecule has 0 N–H and O–H groups in total. The molecular formula is C17H14ClN3O3S. The van der Waals surface area contributed by atoms with Gasteiger partial charge in [0.1, 0.15) is 0 Å². The van der Waals surface area contributed by atoms with Gasteiger partial charge in [-0.25, -0.2) is 0 Å². The highest BCUT2D eigenvalue weighted by Gasteiger charge is 2.12. The molecule has 0 aliphatic rings. The molecular weight excluding hydrogens is 362 g/mol. The summed E-state index contributed by atoms with van der Waals surface area (Å²) in [6, 6.07) is 9.16. The zero-order valence-electron chi connectivity index (χ0n) is 13.5. The first-order chi connectivity index (χ1) is 11.9. The summed E-state index contributed by atoms with van der Waals surface area (Å²) in [6.45, 7) is 4.61. The fourth-order valence-electron chi connectivity index (χ4n) is 2.63. The highest BCUT2D eigenvalue weighted by Crippen LogP contribution is 2.25. The van der Waals surface area contributed by atoms with E-state index in [0.717, 1.165) is 15.8 Å². The van der Waals surface area contributed by atoms with Crippen molar-refractivity contribution in [3.63, 3.8) is 0 Å². The summed E-state index contributed by atoms with van der Waals surface area (Å²) in [7, 11) is 0. The summed E-state index contributed by atoms with van der Waals surface area (Å²) in [5.41, 5.74) is 2.27. The fourth-order valence-corrected chi connectivity index (χ4v) is 4.18. The summed E-state index contributed by atoms with van der Waals surface area (Å²) < 4.78 is 2.93. The van der Waals surface area contributed by atoms with Crippen LogP contribution in [-0.2, 0) is 6.54 Å². The Morgan fingerprint density at radius 2 is 2.00 bits per heavy atom. The fraction of sp³-hybridized carbons (Fsp3) is 0.176. The number of amides is 1. The first kappa shape index (κ1) is 17.3. The summed E-state index contributed by atoms with van der Waals surface area (Å²) in [4.78, 5) is 27.4. The second-order valence-electron chi connectivity index (χ2n) is 5.42. The van der Waals surface area contributed by atoms with Crippen LogP contribution < -0.4 is 4.80 Å². The third kappa shape index (κ3) is 3.33. The molecule has 0 unspecified atom stereocenters. The lowest BCUT2D eigenvalue weighted by Gasteiger charge is -2.04. The normalized spacial score (nSPS) is 11.9. The number of hydrogen-bond acceptors (Lipinski definition) is 4. The molecule has 3 aromatic rings. The number of thiazole rings is 1. The van der Waals surface area contributed by atoms with Crippen molar-refractivity contribution in [2.24, 2.45) is 4.99 Å². The minimum atomic E-state index is -0.505. The van der Waals surface area contributed by atoms with Crippen molar-refractivity contribution >= 4 is 44.7 Å². The molecule has 1 aromatic heterocycles. The van der Waals surface area contributed by atoms with Gasteiger partial charge in [0.2, 0.25) is 0 Å². The molecule has 0 spiro atoms. The first-order valence-corrected chi connectivity index (χ1v) is 8.73. The number of nitrogens with zero attached hydrogens (tertiary/aromatic N) is 3. The lowest BCUT2D eigenvalue weighted by molar-refractivity contribution is -0.384. The van der Waals surface area contributed by atoms with Crippen molar-refractivity contribution in [3.8, 4) is 0 Å². The van der Waals surface area contributed by atoms with Gasteiger partial charge in [0.05, 0.1) is 15.1 Å². The molecule has 1 amide bonds. The SMILES string of the molecule is CCn1c(=NC(=O)c2ccc([N+](=O)[O-])cc2)sc2cc(Cl)cc(C)c21. The number of hydrogen-bond donors (Lipinski definition) is 0. The van der Waals surface area contributed by atoms with E-state index in [1.54, 1.807) is 0 Å². The number of aryl methyl sites for hydroxylation is 2. The largest absolute Gasteiger partial charge is 0.316 e. The van der Waals surface area contributed by atoms with E-state index >= 15 is 0 Å². The third-order valence-electron chi connectivity index (χ3n) is 3.77. The van der Waals surface area contributed by atoms with Gasteiger partial charge < -0.3 is 4.57 Å². The molecule has 2 aromatic carbocycles. The number of non-ortho nitro benzene ring substituents is 1. The van der Waals surface area contributed by atoms with Crippen LogP contribution in [0, 0.1) is 17.0 Å². The highest BCUT2D eigenvalue weighted by atomic mass is 35.5. The molecule has 0 radical (unpaired) electrons. The van der Waals surface area contributed by atoms with Crippen LogP contribution in [0.1, 0.15) is 22.8 Å². The van der Waals surface area contributed by atoms with E-state index in [9.17, 15) is 14.9 Å². The van der Waals surface area contributed by atoms with Crippen molar-refractivity contribution in [1.29, 1.82) is 0 Å². The predicted molar refractivity (Wildman–Crippen MR) is 98.2 cm³/mol.